The maximum atomic E-state index is 2.36. The highest BCUT2D eigenvalue weighted by Crippen LogP contribution is 2.15. The van der Waals surface area contributed by atoms with E-state index in [1.54, 1.807) is 0 Å². The highest BCUT2D eigenvalue weighted by molar-refractivity contribution is 5.14. The molecule has 0 aliphatic rings. The summed E-state index contributed by atoms with van der Waals surface area (Å²) in [5.74, 6) is 1.70. The summed E-state index contributed by atoms with van der Waals surface area (Å²) in [6.45, 7) is 11.2. The van der Waals surface area contributed by atoms with Crippen LogP contribution < -0.4 is 0 Å². The molecule has 0 fully saturated rings. The normalized spacial score (nSPS) is 15.2. The fourth-order valence-corrected chi connectivity index (χ4v) is 1.57. The molecular formula is C15H28. The van der Waals surface area contributed by atoms with E-state index >= 15 is 0 Å². The van der Waals surface area contributed by atoms with Crippen LogP contribution in [-0.4, -0.2) is 0 Å². The number of allylic oxidation sites excluding steroid dienone is 4. The van der Waals surface area contributed by atoms with E-state index in [9.17, 15) is 0 Å². The Kier molecular flexibility index (Phi) is 8.46. The number of hydrogen-bond donors (Lipinski definition) is 0. The molecular weight excluding hydrogens is 180 g/mol. The van der Waals surface area contributed by atoms with Crippen molar-refractivity contribution in [1.82, 2.24) is 0 Å². The molecule has 0 heterocycles. The number of hydrogen-bond acceptors (Lipinski definition) is 0. The van der Waals surface area contributed by atoms with Gasteiger partial charge in [0.2, 0.25) is 0 Å². The molecule has 0 unspecified atom stereocenters. The van der Waals surface area contributed by atoms with Crippen LogP contribution in [0.3, 0.4) is 0 Å². The van der Waals surface area contributed by atoms with Crippen LogP contribution in [0.25, 0.3) is 0 Å². The lowest BCUT2D eigenvalue weighted by Gasteiger charge is -2.09. The fourth-order valence-electron chi connectivity index (χ4n) is 1.57. The summed E-state index contributed by atoms with van der Waals surface area (Å²) < 4.78 is 0. The second kappa shape index (κ2) is 8.76. The summed E-state index contributed by atoms with van der Waals surface area (Å²) in [7, 11) is 0. The predicted molar refractivity (Wildman–Crippen MR) is 71.0 cm³/mol. The van der Waals surface area contributed by atoms with Crippen LogP contribution in [0, 0.1) is 11.8 Å². The van der Waals surface area contributed by atoms with Crippen molar-refractivity contribution in [3.05, 3.63) is 23.8 Å². The Morgan fingerprint density at radius 2 is 1.80 bits per heavy atom. The van der Waals surface area contributed by atoms with Crippen LogP contribution in [-0.2, 0) is 0 Å². The van der Waals surface area contributed by atoms with E-state index in [1.165, 1.54) is 31.3 Å². The monoisotopic (exact) mass is 208 g/mol. The van der Waals surface area contributed by atoms with E-state index in [0.717, 1.165) is 11.8 Å². The Bertz CT molecular complexity index is 196. The number of rotatable bonds is 7. The van der Waals surface area contributed by atoms with E-state index in [2.05, 4.69) is 52.8 Å². The zero-order valence-electron chi connectivity index (χ0n) is 11.2. The molecule has 0 rings (SSSR count). The minimum atomic E-state index is 0.838. The van der Waals surface area contributed by atoms with Crippen LogP contribution in [0.4, 0.5) is 0 Å². The zero-order valence-corrected chi connectivity index (χ0v) is 11.2. The average Bonchev–Trinajstić information content (AvgIpc) is 2.17. The van der Waals surface area contributed by atoms with E-state index < -0.39 is 0 Å². The molecule has 0 saturated heterocycles. The van der Waals surface area contributed by atoms with Crippen molar-refractivity contribution in [3.63, 3.8) is 0 Å². The van der Waals surface area contributed by atoms with Crippen molar-refractivity contribution < 1.29 is 0 Å². The van der Waals surface area contributed by atoms with E-state index in [0.29, 0.717) is 0 Å². The van der Waals surface area contributed by atoms with Gasteiger partial charge in [0.15, 0.2) is 0 Å². The van der Waals surface area contributed by atoms with Crippen molar-refractivity contribution in [2.24, 2.45) is 11.8 Å². The minimum Gasteiger partial charge on any atom is -0.0847 e. The van der Waals surface area contributed by atoms with Gasteiger partial charge in [0.05, 0.1) is 0 Å². The Balaban J connectivity index is 3.57. The fraction of sp³-hybridized carbons (Fsp3) is 0.733. The summed E-state index contributed by atoms with van der Waals surface area (Å²) in [5.41, 5.74) is 1.37. The van der Waals surface area contributed by atoms with Gasteiger partial charge < -0.3 is 0 Å². The third-order valence-electron chi connectivity index (χ3n) is 2.85. The van der Waals surface area contributed by atoms with Gasteiger partial charge in [-0.3, -0.25) is 0 Å². The first-order valence-corrected chi connectivity index (χ1v) is 6.35. The lowest BCUT2D eigenvalue weighted by Crippen LogP contribution is -1.95. The van der Waals surface area contributed by atoms with Crippen molar-refractivity contribution in [2.45, 2.75) is 60.3 Å². The molecule has 0 aromatic heterocycles. The van der Waals surface area contributed by atoms with Gasteiger partial charge in [-0.15, -0.1) is 0 Å². The summed E-state index contributed by atoms with van der Waals surface area (Å²) in [6, 6.07) is 0. The lowest BCUT2D eigenvalue weighted by atomic mass is 9.97. The molecule has 0 spiro atoms. The molecule has 0 nitrogen and oxygen atoms in total. The zero-order chi connectivity index (χ0) is 11.7. The van der Waals surface area contributed by atoms with Gasteiger partial charge in [0.25, 0.3) is 0 Å². The van der Waals surface area contributed by atoms with Gasteiger partial charge in [-0.1, -0.05) is 63.8 Å². The predicted octanol–water partition coefficient (Wildman–Crippen LogP) is 5.36. The summed E-state index contributed by atoms with van der Waals surface area (Å²) >= 11 is 0. The van der Waals surface area contributed by atoms with E-state index in [-0.39, 0.29) is 0 Å². The maximum Gasteiger partial charge on any atom is -0.0322 e. The third kappa shape index (κ3) is 9.78. The van der Waals surface area contributed by atoms with Gasteiger partial charge in [0.1, 0.15) is 0 Å². The molecule has 0 amide bonds. The highest BCUT2D eigenvalue weighted by atomic mass is 14.1. The third-order valence-corrected chi connectivity index (χ3v) is 2.85. The van der Waals surface area contributed by atoms with Crippen molar-refractivity contribution in [3.8, 4) is 0 Å². The summed E-state index contributed by atoms with van der Waals surface area (Å²) in [4.78, 5) is 0. The Labute approximate surface area is 96.5 Å². The second-order valence-electron chi connectivity index (χ2n) is 5.10. The largest absolute Gasteiger partial charge is 0.0847 e. The van der Waals surface area contributed by atoms with Gasteiger partial charge >= 0.3 is 0 Å². The molecule has 0 N–H and O–H groups in total. The lowest BCUT2D eigenvalue weighted by molar-refractivity contribution is 0.461. The summed E-state index contributed by atoms with van der Waals surface area (Å²) in [6.07, 6.45) is 12.1. The molecule has 15 heavy (non-hydrogen) atoms. The SMILES string of the molecule is C/C=C(C)/C=C/C[C@@H](C)CCCC(C)C. The Morgan fingerprint density at radius 3 is 2.33 bits per heavy atom. The van der Waals surface area contributed by atoms with Gasteiger partial charge in [-0.05, 0) is 32.1 Å². The first-order valence-electron chi connectivity index (χ1n) is 6.35. The minimum absolute atomic E-state index is 0.838. The van der Waals surface area contributed by atoms with Crippen LogP contribution in [0.1, 0.15) is 60.3 Å². The van der Waals surface area contributed by atoms with Crippen molar-refractivity contribution in [2.75, 3.05) is 0 Å². The molecule has 88 valence electrons. The molecule has 0 aromatic rings. The molecule has 0 saturated carbocycles. The van der Waals surface area contributed by atoms with Crippen LogP contribution >= 0.6 is 0 Å². The van der Waals surface area contributed by atoms with Gasteiger partial charge in [0, 0.05) is 0 Å². The molecule has 0 aromatic carbocycles. The maximum absolute atomic E-state index is 2.36. The van der Waals surface area contributed by atoms with E-state index in [4.69, 9.17) is 0 Å². The van der Waals surface area contributed by atoms with Crippen LogP contribution in [0.2, 0.25) is 0 Å². The second-order valence-corrected chi connectivity index (χ2v) is 5.10. The summed E-state index contributed by atoms with van der Waals surface area (Å²) in [5, 5.41) is 0. The molecule has 0 radical (unpaired) electrons. The topological polar surface area (TPSA) is 0 Å². The van der Waals surface area contributed by atoms with Crippen molar-refractivity contribution in [1.29, 1.82) is 0 Å². The van der Waals surface area contributed by atoms with Crippen LogP contribution in [0.15, 0.2) is 23.8 Å². The Morgan fingerprint density at radius 1 is 1.13 bits per heavy atom. The quantitative estimate of drug-likeness (QED) is 0.494. The van der Waals surface area contributed by atoms with E-state index in [1.807, 2.05) is 0 Å². The molecule has 0 aliphatic heterocycles. The first-order chi connectivity index (χ1) is 7.06. The smallest absolute Gasteiger partial charge is 0.0322 e. The Hall–Kier alpha value is -0.520. The molecule has 0 bridgehead atoms. The van der Waals surface area contributed by atoms with Gasteiger partial charge in [-0.2, -0.15) is 0 Å². The first kappa shape index (κ1) is 14.5. The molecule has 0 aliphatic carbocycles. The van der Waals surface area contributed by atoms with Gasteiger partial charge in [-0.25, -0.2) is 0 Å². The van der Waals surface area contributed by atoms with Crippen LogP contribution in [0.5, 0.6) is 0 Å². The molecule has 1 atom stereocenters. The molecule has 0 heteroatoms. The highest BCUT2D eigenvalue weighted by Gasteiger charge is 2.00. The van der Waals surface area contributed by atoms with Crippen molar-refractivity contribution >= 4 is 0 Å². The standard InChI is InChI=1S/C15H28/c1-6-14(4)10-8-12-15(5)11-7-9-13(2)3/h6,8,10,13,15H,7,9,11-12H2,1-5H3/b10-8+,14-6+/t15-/m0/s1. The average molecular weight is 208 g/mol.